The predicted molar refractivity (Wildman–Crippen MR) is 51.2 cm³/mol. The second kappa shape index (κ2) is 3.19. The van der Waals surface area contributed by atoms with Crippen LogP contribution < -0.4 is 5.32 Å². The zero-order valence-electron chi connectivity index (χ0n) is 8.01. The van der Waals surface area contributed by atoms with Gasteiger partial charge in [0.15, 0.2) is 0 Å². The summed E-state index contributed by atoms with van der Waals surface area (Å²) < 4.78 is 0. The van der Waals surface area contributed by atoms with Gasteiger partial charge in [0.25, 0.3) is 0 Å². The first-order valence-electron chi connectivity index (χ1n) is 4.85. The second-order valence-electron chi connectivity index (χ2n) is 4.12. The van der Waals surface area contributed by atoms with E-state index >= 15 is 0 Å². The van der Waals surface area contributed by atoms with Crippen molar-refractivity contribution in [3.05, 3.63) is 11.6 Å². The van der Waals surface area contributed by atoms with Gasteiger partial charge in [-0.15, -0.1) is 0 Å². The van der Waals surface area contributed by atoms with Crippen LogP contribution in [0.4, 0.5) is 0 Å². The smallest absolute Gasteiger partial charge is 0.0170 e. The van der Waals surface area contributed by atoms with E-state index in [1.54, 1.807) is 5.57 Å². The third kappa shape index (κ3) is 1.29. The summed E-state index contributed by atoms with van der Waals surface area (Å²) in [6.07, 6.45) is 5.05. The Balaban J connectivity index is 2.13. The predicted octanol–water partition coefficient (Wildman–Crippen LogP) is 0.856. The molecule has 2 heteroatoms. The molecule has 12 heavy (non-hydrogen) atoms. The number of fused-ring (bicyclic) bond motifs is 1. The van der Waals surface area contributed by atoms with Crippen molar-refractivity contribution >= 4 is 0 Å². The standard InChI is InChI=1S/C10H18N2/c1-12(2)10-5-3-4-8-6-11-7-9(8)10/h4,9-11H,3,5-7H2,1-2H3. The number of nitrogens with zero attached hydrogens (tertiary/aromatic N) is 1. The van der Waals surface area contributed by atoms with Gasteiger partial charge in [0.1, 0.15) is 0 Å². The van der Waals surface area contributed by atoms with Crippen molar-refractivity contribution in [2.75, 3.05) is 27.2 Å². The molecule has 1 fully saturated rings. The van der Waals surface area contributed by atoms with Crippen LogP contribution in [0, 0.1) is 5.92 Å². The number of rotatable bonds is 1. The Hall–Kier alpha value is -0.340. The number of nitrogens with one attached hydrogen (secondary N) is 1. The molecule has 0 spiro atoms. The number of allylic oxidation sites excluding steroid dienone is 1. The Labute approximate surface area is 74.6 Å². The minimum Gasteiger partial charge on any atom is -0.312 e. The van der Waals surface area contributed by atoms with Gasteiger partial charge >= 0.3 is 0 Å². The highest BCUT2D eigenvalue weighted by atomic mass is 15.1. The Kier molecular flexibility index (Phi) is 2.20. The Morgan fingerprint density at radius 2 is 2.33 bits per heavy atom. The topological polar surface area (TPSA) is 15.3 Å². The summed E-state index contributed by atoms with van der Waals surface area (Å²) in [4.78, 5) is 2.38. The summed E-state index contributed by atoms with van der Waals surface area (Å²) in [5.41, 5.74) is 1.65. The Morgan fingerprint density at radius 1 is 1.50 bits per heavy atom. The van der Waals surface area contributed by atoms with Gasteiger partial charge in [-0.3, -0.25) is 0 Å². The van der Waals surface area contributed by atoms with Crippen LogP contribution in [-0.4, -0.2) is 38.1 Å². The molecule has 2 aliphatic rings. The van der Waals surface area contributed by atoms with E-state index in [9.17, 15) is 0 Å². The van der Waals surface area contributed by atoms with Gasteiger partial charge in [-0.25, -0.2) is 0 Å². The second-order valence-corrected chi connectivity index (χ2v) is 4.12. The minimum absolute atomic E-state index is 0.778. The van der Waals surface area contributed by atoms with Crippen LogP contribution in [-0.2, 0) is 0 Å². The largest absolute Gasteiger partial charge is 0.312 e. The van der Waals surface area contributed by atoms with Crippen LogP contribution in [0.2, 0.25) is 0 Å². The van der Waals surface area contributed by atoms with Crippen molar-refractivity contribution in [1.29, 1.82) is 0 Å². The van der Waals surface area contributed by atoms with Crippen molar-refractivity contribution in [1.82, 2.24) is 10.2 Å². The van der Waals surface area contributed by atoms with Crippen LogP contribution in [0.3, 0.4) is 0 Å². The fourth-order valence-corrected chi connectivity index (χ4v) is 2.50. The summed E-state index contributed by atoms with van der Waals surface area (Å²) >= 11 is 0. The zero-order chi connectivity index (χ0) is 8.55. The lowest BCUT2D eigenvalue weighted by Gasteiger charge is -2.33. The molecule has 0 radical (unpaired) electrons. The molecule has 0 amide bonds. The van der Waals surface area contributed by atoms with Crippen molar-refractivity contribution in [3.8, 4) is 0 Å². The first-order chi connectivity index (χ1) is 5.79. The molecular weight excluding hydrogens is 148 g/mol. The highest BCUT2D eigenvalue weighted by Crippen LogP contribution is 2.30. The van der Waals surface area contributed by atoms with Gasteiger partial charge in [0.05, 0.1) is 0 Å². The van der Waals surface area contributed by atoms with E-state index in [-0.39, 0.29) is 0 Å². The fraction of sp³-hybridized carbons (Fsp3) is 0.800. The van der Waals surface area contributed by atoms with Crippen molar-refractivity contribution < 1.29 is 0 Å². The fourth-order valence-electron chi connectivity index (χ4n) is 2.50. The van der Waals surface area contributed by atoms with Crippen LogP contribution >= 0.6 is 0 Å². The molecular formula is C10H18N2. The van der Waals surface area contributed by atoms with Crippen LogP contribution in [0.5, 0.6) is 0 Å². The molecule has 0 saturated carbocycles. The summed E-state index contributed by atoms with van der Waals surface area (Å²) in [6.45, 7) is 2.32. The minimum atomic E-state index is 0.778. The van der Waals surface area contributed by atoms with Gasteiger partial charge in [-0.1, -0.05) is 11.6 Å². The monoisotopic (exact) mass is 166 g/mol. The normalized spacial score (nSPS) is 35.1. The third-order valence-corrected chi connectivity index (χ3v) is 3.17. The van der Waals surface area contributed by atoms with Crippen LogP contribution in [0.25, 0.3) is 0 Å². The highest BCUT2D eigenvalue weighted by Gasteiger charge is 2.31. The maximum Gasteiger partial charge on any atom is 0.0170 e. The van der Waals surface area contributed by atoms with Gasteiger partial charge < -0.3 is 10.2 Å². The lowest BCUT2D eigenvalue weighted by atomic mass is 9.85. The molecule has 68 valence electrons. The lowest BCUT2D eigenvalue weighted by molar-refractivity contribution is 0.220. The summed E-state index contributed by atoms with van der Waals surface area (Å²) in [7, 11) is 4.40. The lowest BCUT2D eigenvalue weighted by Crippen LogP contribution is -2.38. The molecule has 1 heterocycles. The quantitative estimate of drug-likeness (QED) is 0.581. The summed E-state index contributed by atoms with van der Waals surface area (Å²) in [5.74, 6) is 0.800. The van der Waals surface area contributed by atoms with Crippen LogP contribution in [0.15, 0.2) is 11.6 Å². The van der Waals surface area contributed by atoms with Gasteiger partial charge in [0.2, 0.25) is 0 Å². The van der Waals surface area contributed by atoms with Crippen molar-refractivity contribution in [2.24, 2.45) is 5.92 Å². The molecule has 1 N–H and O–H groups in total. The summed E-state index contributed by atoms with van der Waals surface area (Å²) in [5, 5.41) is 3.45. The van der Waals surface area contributed by atoms with E-state index < -0.39 is 0 Å². The molecule has 2 rings (SSSR count). The summed E-state index contributed by atoms with van der Waals surface area (Å²) in [6, 6.07) is 0.778. The molecule has 0 bridgehead atoms. The molecule has 0 aromatic rings. The highest BCUT2D eigenvalue weighted by molar-refractivity contribution is 5.19. The van der Waals surface area contributed by atoms with E-state index in [4.69, 9.17) is 0 Å². The first-order valence-corrected chi connectivity index (χ1v) is 4.85. The van der Waals surface area contributed by atoms with E-state index in [0.717, 1.165) is 18.5 Å². The number of hydrogen-bond acceptors (Lipinski definition) is 2. The molecule has 1 aliphatic heterocycles. The molecule has 1 aliphatic carbocycles. The average molecular weight is 166 g/mol. The van der Waals surface area contributed by atoms with E-state index in [2.05, 4.69) is 30.4 Å². The molecule has 2 unspecified atom stereocenters. The SMILES string of the molecule is CN(C)C1CCC=C2CNCC21. The van der Waals surface area contributed by atoms with Gasteiger partial charge in [-0.2, -0.15) is 0 Å². The van der Waals surface area contributed by atoms with E-state index in [1.165, 1.54) is 19.4 Å². The Morgan fingerprint density at radius 3 is 3.08 bits per heavy atom. The van der Waals surface area contributed by atoms with E-state index in [1.807, 2.05) is 0 Å². The third-order valence-electron chi connectivity index (χ3n) is 3.17. The molecule has 2 nitrogen and oxygen atoms in total. The van der Waals surface area contributed by atoms with Gasteiger partial charge in [0, 0.05) is 25.0 Å². The van der Waals surface area contributed by atoms with Crippen LogP contribution in [0.1, 0.15) is 12.8 Å². The molecule has 0 aromatic carbocycles. The zero-order valence-corrected chi connectivity index (χ0v) is 8.01. The maximum absolute atomic E-state index is 3.45. The molecule has 0 aromatic heterocycles. The Bertz CT molecular complexity index is 196. The van der Waals surface area contributed by atoms with E-state index in [0.29, 0.717) is 0 Å². The maximum atomic E-state index is 3.45. The first kappa shape index (κ1) is 8.27. The number of hydrogen-bond donors (Lipinski definition) is 1. The van der Waals surface area contributed by atoms with Gasteiger partial charge in [-0.05, 0) is 26.9 Å². The van der Waals surface area contributed by atoms with Crippen molar-refractivity contribution in [3.63, 3.8) is 0 Å². The molecule has 2 atom stereocenters. The average Bonchev–Trinajstić information content (AvgIpc) is 2.49. The van der Waals surface area contributed by atoms with Crippen molar-refractivity contribution in [2.45, 2.75) is 18.9 Å². The molecule has 1 saturated heterocycles.